The van der Waals surface area contributed by atoms with E-state index < -0.39 is 0 Å². The van der Waals surface area contributed by atoms with Gasteiger partial charge in [-0.05, 0) is 41.2 Å². The second kappa shape index (κ2) is 4.21. The SMILES string of the molecule is C=Cc1[nH]c2c(c1/C=C\S)Cc1c(C)cccc1-2. The van der Waals surface area contributed by atoms with Gasteiger partial charge in [-0.25, -0.2) is 0 Å². The van der Waals surface area contributed by atoms with Crippen LogP contribution in [0.3, 0.4) is 0 Å². The quantitative estimate of drug-likeness (QED) is 0.628. The minimum Gasteiger partial charge on any atom is -0.354 e. The van der Waals surface area contributed by atoms with Gasteiger partial charge in [-0.3, -0.25) is 0 Å². The molecule has 2 heteroatoms. The first kappa shape index (κ1) is 11.4. The van der Waals surface area contributed by atoms with Crippen molar-refractivity contribution in [3.63, 3.8) is 0 Å². The molecule has 0 saturated carbocycles. The Kier molecular flexibility index (Phi) is 2.67. The summed E-state index contributed by atoms with van der Waals surface area (Å²) in [5, 5.41) is 1.78. The molecule has 0 spiro atoms. The van der Waals surface area contributed by atoms with Gasteiger partial charge in [0.15, 0.2) is 0 Å². The normalized spacial score (nSPS) is 12.8. The Bertz CT molecular complexity index is 662. The summed E-state index contributed by atoms with van der Waals surface area (Å²) in [7, 11) is 0. The van der Waals surface area contributed by atoms with Gasteiger partial charge in [-0.2, -0.15) is 12.6 Å². The number of fused-ring (bicyclic) bond motifs is 3. The second-order valence-corrected chi connectivity index (χ2v) is 4.90. The molecule has 0 radical (unpaired) electrons. The van der Waals surface area contributed by atoms with Crippen LogP contribution in [0.1, 0.15) is 27.9 Å². The van der Waals surface area contributed by atoms with Crippen molar-refractivity contribution in [3.05, 3.63) is 58.1 Å². The van der Waals surface area contributed by atoms with E-state index in [9.17, 15) is 0 Å². The highest BCUT2D eigenvalue weighted by atomic mass is 32.1. The van der Waals surface area contributed by atoms with E-state index in [1.54, 1.807) is 5.41 Å². The summed E-state index contributed by atoms with van der Waals surface area (Å²) in [6.45, 7) is 6.04. The lowest BCUT2D eigenvalue weighted by Crippen LogP contribution is -1.89. The highest BCUT2D eigenvalue weighted by Gasteiger charge is 2.25. The summed E-state index contributed by atoms with van der Waals surface area (Å²) in [6.07, 6.45) is 4.91. The topological polar surface area (TPSA) is 15.8 Å². The highest BCUT2D eigenvalue weighted by molar-refractivity contribution is 7.83. The summed E-state index contributed by atoms with van der Waals surface area (Å²) in [5.41, 5.74) is 9.01. The summed E-state index contributed by atoms with van der Waals surface area (Å²) >= 11 is 4.19. The number of benzene rings is 1. The summed E-state index contributed by atoms with van der Waals surface area (Å²) in [4.78, 5) is 3.48. The van der Waals surface area contributed by atoms with Gasteiger partial charge in [-0.1, -0.05) is 24.8 Å². The van der Waals surface area contributed by atoms with E-state index in [1.165, 1.54) is 33.5 Å². The number of rotatable bonds is 2. The van der Waals surface area contributed by atoms with Crippen molar-refractivity contribution in [3.8, 4) is 11.3 Å². The maximum atomic E-state index is 4.19. The molecule has 0 bridgehead atoms. The molecule has 1 aliphatic carbocycles. The minimum absolute atomic E-state index is 0.995. The predicted octanol–water partition coefficient (Wildman–Crippen LogP) is 4.44. The van der Waals surface area contributed by atoms with E-state index >= 15 is 0 Å². The standard InChI is InChI=1S/C16H15NS/c1-3-15-11(7-8-18)14-9-13-10(2)5-4-6-12(13)16(14)17-15/h3-8,17-18H,1,9H2,2H3/b8-7-. The molecule has 2 aromatic rings. The van der Waals surface area contributed by atoms with Crippen LogP contribution in [0.15, 0.2) is 30.2 Å². The molecule has 18 heavy (non-hydrogen) atoms. The van der Waals surface area contributed by atoms with E-state index in [0.717, 1.165) is 12.1 Å². The van der Waals surface area contributed by atoms with Gasteiger partial charge in [0.2, 0.25) is 0 Å². The van der Waals surface area contributed by atoms with Gasteiger partial charge in [0, 0.05) is 23.2 Å². The van der Waals surface area contributed by atoms with Crippen molar-refractivity contribution in [2.45, 2.75) is 13.3 Å². The van der Waals surface area contributed by atoms with Crippen molar-refractivity contribution in [1.82, 2.24) is 4.98 Å². The van der Waals surface area contributed by atoms with E-state index in [0.29, 0.717) is 0 Å². The van der Waals surface area contributed by atoms with Crippen LogP contribution in [-0.4, -0.2) is 4.98 Å². The zero-order chi connectivity index (χ0) is 12.7. The van der Waals surface area contributed by atoms with Gasteiger partial charge in [0.25, 0.3) is 0 Å². The first-order valence-corrected chi connectivity index (χ1v) is 6.54. The summed E-state index contributed by atoms with van der Waals surface area (Å²) < 4.78 is 0. The molecule has 1 heterocycles. The van der Waals surface area contributed by atoms with Crippen LogP contribution < -0.4 is 0 Å². The number of aromatic amines is 1. The zero-order valence-corrected chi connectivity index (χ0v) is 11.2. The monoisotopic (exact) mass is 253 g/mol. The van der Waals surface area contributed by atoms with Crippen LogP contribution >= 0.6 is 12.6 Å². The van der Waals surface area contributed by atoms with Crippen LogP contribution in [0.4, 0.5) is 0 Å². The molecule has 0 unspecified atom stereocenters. The van der Waals surface area contributed by atoms with Gasteiger partial charge >= 0.3 is 0 Å². The fourth-order valence-electron chi connectivity index (χ4n) is 2.76. The Morgan fingerprint density at radius 1 is 1.33 bits per heavy atom. The smallest absolute Gasteiger partial charge is 0.0503 e. The van der Waals surface area contributed by atoms with Crippen LogP contribution in [0, 0.1) is 6.92 Å². The van der Waals surface area contributed by atoms with Crippen molar-refractivity contribution in [1.29, 1.82) is 0 Å². The maximum absolute atomic E-state index is 4.19. The Labute approximate surface area is 113 Å². The molecule has 1 N–H and O–H groups in total. The van der Waals surface area contributed by atoms with Gasteiger partial charge in [0.1, 0.15) is 0 Å². The number of aromatic nitrogens is 1. The van der Waals surface area contributed by atoms with Crippen LogP contribution in [0.25, 0.3) is 23.4 Å². The molecule has 0 fully saturated rings. The lowest BCUT2D eigenvalue weighted by Gasteiger charge is -2.04. The van der Waals surface area contributed by atoms with E-state index in [4.69, 9.17) is 0 Å². The van der Waals surface area contributed by atoms with Crippen molar-refractivity contribution < 1.29 is 0 Å². The Morgan fingerprint density at radius 3 is 2.89 bits per heavy atom. The molecule has 0 amide bonds. The fourth-order valence-corrected chi connectivity index (χ4v) is 2.91. The highest BCUT2D eigenvalue weighted by Crippen LogP contribution is 2.41. The number of aryl methyl sites for hydroxylation is 1. The van der Waals surface area contributed by atoms with Crippen molar-refractivity contribution in [2.75, 3.05) is 0 Å². The number of hydrogen-bond acceptors (Lipinski definition) is 1. The largest absolute Gasteiger partial charge is 0.354 e. The van der Waals surface area contributed by atoms with Crippen LogP contribution in [0.2, 0.25) is 0 Å². The average molecular weight is 253 g/mol. The van der Waals surface area contributed by atoms with E-state index in [1.807, 2.05) is 12.2 Å². The lowest BCUT2D eigenvalue weighted by molar-refractivity contribution is 1.21. The molecule has 0 saturated heterocycles. The lowest BCUT2D eigenvalue weighted by atomic mass is 10.0. The number of hydrogen-bond donors (Lipinski definition) is 2. The maximum Gasteiger partial charge on any atom is 0.0503 e. The molecule has 1 nitrogen and oxygen atoms in total. The number of H-pyrrole nitrogens is 1. The first-order chi connectivity index (χ1) is 8.76. The van der Waals surface area contributed by atoms with E-state index in [2.05, 4.69) is 49.3 Å². The van der Waals surface area contributed by atoms with E-state index in [-0.39, 0.29) is 0 Å². The number of nitrogens with one attached hydrogen (secondary N) is 1. The fraction of sp³-hybridized carbons (Fsp3) is 0.125. The molecule has 1 aromatic carbocycles. The third-order valence-electron chi connectivity index (χ3n) is 3.66. The summed E-state index contributed by atoms with van der Waals surface area (Å²) in [5.74, 6) is 0. The first-order valence-electron chi connectivity index (χ1n) is 6.03. The molecule has 90 valence electrons. The van der Waals surface area contributed by atoms with Crippen molar-refractivity contribution in [2.24, 2.45) is 0 Å². The van der Waals surface area contributed by atoms with Gasteiger partial charge in [0.05, 0.1) is 5.69 Å². The minimum atomic E-state index is 0.995. The van der Waals surface area contributed by atoms with Crippen LogP contribution in [-0.2, 0) is 6.42 Å². The Balaban J connectivity index is 2.26. The Hall–Kier alpha value is -1.67. The molecule has 0 atom stereocenters. The number of thiol groups is 1. The van der Waals surface area contributed by atoms with Crippen molar-refractivity contribution >= 4 is 24.8 Å². The zero-order valence-electron chi connectivity index (χ0n) is 10.3. The average Bonchev–Trinajstić information content (AvgIpc) is 2.88. The third-order valence-corrected chi connectivity index (χ3v) is 3.80. The summed E-state index contributed by atoms with van der Waals surface area (Å²) in [6, 6.07) is 6.48. The second-order valence-electron chi connectivity index (χ2n) is 4.60. The van der Waals surface area contributed by atoms with Gasteiger partial charge < -0.3 is 4.98 Å². The third kappa shape index (κ3) is 1.49. The predicted molar refractivity (Wildman–Crippen MR) is 81.9 cm³/mol. The molecule has 1 aliphatic rings. The van der Waals surface area contributed by atoms with Crippen LogP contribution in [0.5, 0.6) is 0 Å². The molecule has 3 rings (SSSR count). The van der Waals surface area contributed by atoms with Gasteiger partial charge in [-0.15, -0.1) is 0 Å². The molecule has 1 aromatic heterocycles. The molecule has 0 aliphatic heterocycles. The molecular weight excluding hydrogens is 238 g/mol. The molecular formula is C16H15NS. The Morgan fingerprint density at radius 2 is 2.17 bits per heavy atom.